The lowest BCUT2D eigenvalue weighted by Gasteiger charge is -2.09. The minimum Gasteiger partial charge on any atom is -0.489 e. The summed E-state index contributed by atoms with van der Waals surface area (Å²) in [5.41, 5.74) is 7.38. The van der Waals surface area contributed by atoms with Gasteiger partial charge >= 0.3 is 0 Å². The van der Waals surface area contributed by atoms with Gasteiger partial charge in [0, 0.05) is 17.6 Å². The molecule has 0 aliphatic rings. The van der Waals surface area contributed by atoms with Crippen LogP contribution in [0.15, 0.2) is 60.8 Å². The van der Waals surface area contributed by atoms with Crippen molar-refractivity contribution in [3.8, 4) is 11.5 Å². The SMILES string of the molecule is NCOc1ccnc2cc(OCc3ccccc3)ccc12. The van der Waals surface area contributed by atoms with Gasteiger partial charge in [-0.05, 0) is 23.8 Å². The van der Waals surface area contributed by atoms with Crippen LogP contribution in [0.1, 0.15) is 5.56 Å². The zero-order valence-electron chi connectivity index (χ0n) is 11.5. The Morgan fingerprint density at radius 1 is 0.952 bits per heavy atom. The van der Waals surface area contributed by atoms with Crippen LogP contribution in [0.5, 0.6) is 11.5 Å². The van der Waals surface area contributed by atoms with Gasteiger partial charge in [0.05, 0.1) is 5.52 Å². The van der Waals surface area contributed by atoms with Crippen LogP contribution < -0.4 is 15.2 Å². The van der Waals surface area contributed by atoms with Crippen LogP contribution in [-0.2, 0) is 6.61 Å². The Kier molecular flexibility index (Phi) is 3.98. The molecule has 0 unspecified atom stereocenters. The van der Waals surface area contributed by atoms with Crippen molar-refractivity contribution >= 4 is 10.9 Å². The van der Waals surface area contributed by atoms with E-state index < -0.39 is 0 Å². The van der Waals surface area contributed by atoms with Gasteiger partial charge in [0.1, 0.15) is 24.8 Å². The molecular weight excluding hydrogens is 264 g/mol. The predicted octanol–water partition coefficient (Wildman–Crippen LogP) is 3.11. The molecule has 0 saturated carbocycles. The van der Waals surface area contributed by atoms with Crippen molar-refractivity contribution in [1.82, 2.24) is 4.98 Å². The van der Waals surface area contributed by atoms with Crippen LogP contribution in [0, 0.1) is 0 Å². The molecule has 4 heteroatoms. The fraction of sp³-hybridized carbons (Fsp3) is 0.118. The van der Waals surface area contributed by atoms with E-state index in [0.29, 0.717) is 6.61 Å². The Balaban J connectivity index is 1.81. The molecule has 3 rings (SSSR count). The third-order valence-electron chi connectivity index (χ3n) is 3.16. The van der Waals surface area contributed by atoms with E-state index in [1.165, 1.54) is 0 Å². The van der Waals surface area contributed by atoms with Crippen molar-refractivity contribution in [3.63, 3.8) is 0 Å². The second-order valence-electron chi connectivity index (χ2n) is 4.57. The monoisotopic (exact) mass is 280 g/mol. The number of hydrogen-bond acceptors (Lipinski definition) is 4. The molecular formula is C17H16N2O2. The second kappa shape index (κ2) is 6.24. The van der Waals surface area contributed by atoms with E-state index in [-0.39, 0.29) is 6.73 Å². The third-order valence-corrected chi connectivity index (χ3v) is 3.16. The van der Waals surface area contributed by atoms with Gasteiger partial charge in [-0.1, -0.05) is 30.3 Å². The van der Waals surface area contributed by atoms with Crippen molar-refractivity contribution < 1.29 is 9.47 Å². The number of rotatable bonds is 5. The highest BCUT2D eigenvalue weighted by atomic mass is 16.5. The van der Waals surface area contributed by atoms with Crippen LogP contribution in [0.2, 0.25) is 0 Å². The minimum absolute atomic E-state index is 0.144. The maximum atomic E-state index is 5.79. The fourth-order valence-corrected chi connectivity index (χ4v) is 2.15. The van der Waals surface area contributed by atoms with Gasteiger partial charge in [-0.2, -0.15) is 0 Å². The second-order valence-corrected chi connectivity index (χ2v) is 4.57. The summed E-state index contributed by atoms with van der Waals surface area (Å²) in [4.78, 5) is 4.34. The lowest BCUT2D eigenvalue weighted by Crippen LogP contribution is -2.07. The Labute approximate surface area is 123 Å². The average Bonchev–Trinajstić information content (AvgIpc) is 2.54. The summed E-state index contributed by atoms with van der Waals surface area (Å²) in [6, 6.07) is 17.6. The lowest BCUT2D eigenvalue weighted by molar-refractivity contribution is 0.306. The maximum Gasteiger partial charge on any atom is 0.137 e. The first kappa shape index (κ1) is 13.4. The molecule has 106 valence electrons. The summed E-state index contributed by atoms with van der Waals surface area (Å²) in [5.74, 6) is 1.51. The molecule has 0 bridgehead atoms. The van der Waals surface area contributed by atoms with E-state index in [2.05, 4.69) is 4.98 Å². The summed E-state index contributed by atoms with van der Waals surface area (Å²) in [7, 11) is 0. The van der Waals surface area contributed by atoms with Crippen molar-refractivity contribution in [2.75, 3.05) is 6.73 Å². The molecule has 0 spiro atoms. The topological polar surface area (TPSA) is 57.4 Å². The molecule has 0 amide bonds. The number of benzene rings is 2. The first-order valence-corrected chi connectivity index (χ1v) is 6.75. The Morgan fingerprint density at radius 3 is 2.62 bits per heavy atom. The highest BCUT2D eigenvalue weighted by Gasteiger charge is 2.04. The molecule has 2 N–H and O–H groups in total. The highest BCUT2D eigenvalue weighted by Crippen LogP contribution is 2.27. The van der Waals surface area contributed by atoms with Gasteiger partial charge < -0.3 is 9.47 Å². The largest absolute Gasteiger partial charge is 0.489 e. The third kappa shape index (κ3) is 3.12. The van der Waals surface area contributed by atoms with E-state index in [1.54, 1.807) is 12.3 Å². The molecule has 1 heterocycles. The lowest BCUT2D eigenvalue weighted by atomic mass is 10.2. The van der Waals surface area contributed by atoms with Gasteiger partial charge in [-0.3, -0.25) is 10.7 Å². The summed E-state index contributed by atoms with van der Waals surface area (Å²) >= 11 is 0. The number of nitrogens with zero attached hydrogens (tertiary/aromatic N) is 1. The molecule has 21 heavy (non-hydrogen) atoms. The van der Waals surface area contributed by atoms with Crippen molar-refractivity contribution in [1.29, 1.82) is 0 Å². The Bertz CT molecular complexity index is 729. The molecule has 1 aromatic heterocycles. The predicted molar refractivity (Wildman–Crippen MR) is 82.2 cm³/mol. The van der Waals surface area contributed by atoms with Crippen LogP contribution in [0.25, 0.3) is 10.9 Å². The van der Waals surface area contributed by atoms with E-state index in [4.69, 9.17) is 15.2 Å². The minimum atomic E-state index is 0.144. The molecule has 0 fully saturated rings. The van der Waals surface area contributed by atoms with Gasteiger partial charge in [-0.15, -0.1) is 0 Å². The number of fused-ring (bicyclic) bond motifs is 1. The van der Waals surface area contributed by atoms with Crippen LogP contribution >= 0.6 is 0 Å². The summed E-state index contributed by atoms with van der Waals surface area (Å²) in [5, 5.41) is 0.926. The quantitative estimate of drug-likeness (QED) is 0.730. The maximum absolute atomic E-state index is 5.79. The first-order chi connectivity index (χ1) is 10.4. The zero-order chi connectivity index (χ0) is 14.5. The van der Waals surface area contributed by atoms with E-state index >= 15 is 0 Å². The summed E-state index contributed by atoms with van der Waals surface area (Å²) in [6.07, 6.45) is 1.70. The number of aromatic nitrogens is 1. The molecule has 0 atom stereocenters. The molecule has 0 radical (unpaired) electrons. The van der Waals surface area contributed by atoms with Gasteiger partial charge in [0.15, 0.2) is 0 Å². The Hall–Kier alpha value is -2.59. The van der Waals surface area contributed by atoms with E-state index in [0.717, 1.165) is 28.0 Å². The number of pyridine rings is 1. The molecule has 0 aliphatic carbocycles. The molecule has 0 saturated heterocycles. The standard InChI is InChI=1S/C17H16N2O2/c18-12-21-17-8-9-19-16-10-14(6-7-15(16)17)20-11-13-4-2-1-3-5-13/h1-10H,11-12,18H2. The summed E-state index contributed by atoms with van der Waals surface area (Å²) in [6.45, 7) is 0.677. The highest BCUT2D eigenvalue weighted by molar-refractivity contribution is 5.85. The van der Waals surface area contributed by atoms with Gasteiger partial charge in [-0.25, -0.2) is 0 Å². The van der Waals surface area contributed by atoms with Crippen molar-refractivity contribution in [2.45, 2.75) is 6.61 Å². The van der Waals surface area contributed by atoms with Gasteiger partial charge in [0.25, 0.3) is 0 Å². The molecule has 3 aromatic rings. The fourth-order valence-electron chi connectivity index (χ4n) is 2.15. The van der Waals surface area contributed by atoms with Crippen LogP contribution in [0.3, 0.4) is 0 Å². The molecule has 0 aliphatic heterocycles. The number of ether oxygens (including phenoxy) is 2. The average molecular weight is 280 g/mol. The first-order valence-electron chi connectivity index (χ1n) is 6.75. The molecule has 4 nitrogen and oxygen atoms in total. The Morgan fingerprint density at radius 2 is 1.81 bits per heavy atom. The summed E-state index contributed by atoms with van der Waals surface area (Å²) < 4.78 is 11.2. The number of hydrogen-bond donors (Lipinski definition) is 1. The zero-order valence-corrected chi connectivity index (χ0v) is 11.5. The van der Waals surface area contributed by atoms with Gasteiger partial charge in [0.2, 0.25) is 0 Å². The normalized spacial score (nSPS) is 10.5. The van der Waals surface area contributed by atoms with Crippen molar-refractivity contribution in [2.24, 2.45) is 5.73 Å². The van der Waals surface area contributed by atoms with Crippen molar-refractivity contribution in [3.05, 3.63) is 66.4 Å². The van der Waals surface area contributed by atoms with Crippen LogP contribution in [0.4, 0.5) is 0 Å². The molecule has 2 aromatic carbocycles. The van der Waals surface area contributed by atoms with E-state index in [9.17, 15) is 0 Å². The number of nitrogens with two attached hydrogens (primary N) is 1. The smallest absolute Gasteiger partial charge is 0.137 e. The van der Waals surface area contributed by atoms with E-state index in [1.807, 2.05) is 48.5 Å². The van der Waals surface area contributed by atoms with Crippen LogP contribution in [-0.4, -0.2) is 11.7 Å².